The molecule has 6 nitrogen and oxygen atoms in total. The molecule has 0 spiro atoms. The number of hydrogen-bond acceptors (Lipinski definition) is 5. The number of benzene rings is 1. The summed E-state index contributed by atoms with van der Waals surface area (Å²) in [6.45, 7) is 7.72. The molecule has 0 radical (unpaired) electrons. The fraction of sp³-hybridized carbons (Fsp3) is 0.650. The van der Waals surface area contributed by atoms with E-state index in [1.54, 1.807) is 0 Å². The van der Waals surface area contributed by atoms with Crippen LogP contribution in [0.5, 0.6) is 0 Å². The molecule has 0 aromatic heterocycles. The number of anilines is 1. The van der Waals surface area contributed by atoms with Gasteiger partial charge in [0.2, 0.25) is 5.91 Å². The number of nitrogens with zero attached hydrogens (tertiary/aromatic N) is 3. The van der Waals surface area contributed by atoms with Gasteiger partial charge in [0.05, 0.1) is 19.8 Å². The van der Waals surface area contributed by atoms with E-state index >= 15 is 0 Å². The fourth-order valence-electron chi connectivity index (χ4n) is 4.84. The molecule has 2 N–H and O–H groups in total. The summed E-state index contributed by atoms with van der Waals surface area (Å²) in [4.78, 5) is 19.2. The molecule has 1 aromatic rings. The third-order valence-corrected chi connectivity index (χ3v) is 6.73. The highest BCUT2D eigenvalue weighted by Gasteiger charge is 2.67. The van der Waals surface area contributed by atoms with Crippen LogP contribution in [0, 0.1) is 24.2 Å². The van der Waals surface area contributed by atoms with Gasteiger partial charge in [0.15, 0.2) is 0 Å². The predicted molar refractivity (Wildman–Crippen MR) is 100.0 cm³/mol. The van der Waals surface area contributed by atoms with Crippen LogP contribution >= 0.6 is 0 Å². The average Bonchev–Trinajstić information content (AvgIpc) is 3.01. The van der Waals surface area contributed by atoms with Gasteiger partial charge in [0, 0.05) is 50.4 Å². The molecular formula is C20H29N3O3. The lowest BCUT2D eigenvalue weighted by atomic mass is 10.0. The highest BCUT2D eigenvalue weighted by atomic mass is 16.3. The molecule has 142 valence electrons. The van der Waals surface area contributed by atoms with Gasteiger partial charge in [-0.2, -0.15) is 0 Å². The molecule has 3 fully saturated rings. The second-order valence-electron chi connectivity index (χ2n) is 8.16. The van der Waals surface area contributed by atoms with Crippen LogP contribution in [-0.4, -0.2) is 84.9 Å². The number of carbonyl (C=O) groups excluding carboxylic acids is 1. The average molecular weight is 359 g/mol. The van der Waals surface area contributed by atoms with Crippen molar-refractivity contribution in [3.8, 4) is 0 Å². The largest absolute Gasteiger partial charge is 0.396 e. The third kappa shape index (κ3) is 3.00. The minimum Gasteiger partial charge on any atom is -0.396 e. The van der Waals surface area contributed by atoms with E-state index in [-0.39, 0.29) is 36.4 Å². The Labute approximate surface area is 155 Å². The Morgan fingerprint density at radius 2 is 1.77 bits per heavy atom. The van der Waals surface area contributed by atoms with Gasteiger partial charge in [-0.05, 0) is 36.5 Å². The van der Waals surface area contributed by atoms with Gasteiger partial charge in [-0.1, -0.05) is 12.1 Å². The number of carbonyl (C=O) groups is 1. The van der Waals surface area contributed by atoms with E-state index in [1.807, 2.05) is 4.90 Å². The van der Waals surface area contributed by atoms with E-state index in [2.05, 4.69) is 41.0 Å². The van der Waals surface area contributed by atoms with Crippen molar-refractivity contribution in [1.82, 2.24) is 9.80 Å². The number of piperazine rings is 1. The van der Waals surface area contributed by atoms with Crippen molar-refractivity contribution < 1.29 is 15.0 Å². The minimum absolute atomic E-state index is 0.0295. The van der Waals surface area contributed by atoms with Gasteiger partial charge < -0.3 is 20.0 Å². The quantitative estimate of drug-likeness (QED) is 0.785. The lowest BCUT2D eigenvalue weighted by Gasteiger charge is -2.36. The van der Waals surface area contributed by atoms with Crippen LogP contribution in [0.15, 0.2) is 24.3 Å². The summed E-state index contributed by atoms with van der Waals surface area (Å²) in [6.07, 6.45) is 0. The van der Waals surface area contributed by atoms with Gasteiger partial charge in [-0.3, -0.25) is 9.69 Å². The summed E-state index contributed by atoms with van der Waals surface area (Å²) in [5.41, 5.74) is 2.21. The molecule has 1 aromatic carbocycles. The van der Waals surface area contributed by atoms with Crippen molar-refractivity contribution in [2.45, 2.75) is 6.92 Å². The van der Waals surface area contributed by atoms with Crippen molar-refractivity contribution in [2.75, 3.05) is 63.9 Å². The summed E-state index contributed by atoms with van der Waals surface area (Å²) in [6, 6.07) is 8.57. The maximum absolute atomic E-state index is 12.6. The molecule has 2 unspecified atom stereocenters. The highest BCUT2D eigenvalue weighted by molar-refractivity contribution is 5.79. The molecule has 0 bridgehead atoms. The molecule has 3 aliphatic rings. The molecule has 2 heterocycles. The van der Waals surface area contributed by atoms with Crippen molar-refractivity contribution in [1.29, 1.82) is 0 Å². The number of rotatable bonds is 5. The Balaban J connectivity index is 1.25. The van der Waals surface area contributed by atoms with Crippen LogP contribution in [0.1, 0.15) is 5.56 Å². The van der Waals surface area contributed by atoms with E-state index in [1.165, 1.54) is 11.3 Å². The first-order valence-corrected chi connectivity index (χ1v) is 9.61. The second-order valence-corrected chi connectivity index (χ2v) is 8.16. The van der Waals surface area contributed by atoms with Crippen LogP contribution in [0.3, 0.4) is 0 Å². The number of aliphatic hydroxyl groups is 2. The molecule has 1 amide bonds. The van der Waals surface area contributed by atoms with Crippen molar-refractivity contribution in [2.24, 2.45) is 17.3 Å². The zero-order valence-electron chi connectivity index (χ0n) is 15.5. The first kappa shape index (κ1) is 17.8. The number of aliphatic hydroxyl groups excluding tert-OH is 2. The maximum Gasteiger partial charge on any atom is 0.236 e. The van der Waals surface area contributed by atoms with Crippen molar-refractivity contribution in [3.63, 3.8) is 0 Å². The molecule has 2 saturated heterocycles. The second kappa shape index (κ2) is 6.83. The minimum atomic E-state index is -0.323. The lowest BCUT2D eigenvalue weighted by molar-refractivity contribution is -0.132. The Morgan fingerprint density at radius 3 is 2.35 bits per heavy atom. The number of hydrogen-bond donors (Lipinski definition) is 2. The normalized spacial score (nSPS) is 27.5. The van der Waals surface area contributed by atoms with E-state index in [4.69, 9.17) is 0 Å². The summed E-state index contributed by atoms with van der Waals surface area (Å²) >= 11 is 0. The molecule has 2 atom stereocenters. The van der Waals surface area contributed by atoms with E-state index in [0.717, 1.165) is 26.2 Å². The molecule has 1 aliphatic carbocycles. The lowest BCUT2D eigenvalue weighted by Crippen LogP contribution is -2.50. The van der Waals surface area contributed by atoms with E-state index in [9.17, 15) is 15.0 Å². The van der Waals surface area contributed by atoms with Gasteiger partial charge in [-0.15, -0.1) is 0 Å². The first-order valence-electron chi connectivity index (χ1n) is 9.61. The molecular weight excluding hydrogens is 330 g/mol. The zero-order chi connectivity index (χ0) is 18.3. The highest BCUT2D eigenvalue weighted by Crippen LogP contribution is 2.61. The number of amides is 1. The van der Waals surface area contributed by atoms with Gasteiger partial charge >= 0.3 is 0 Å². The Kier molecular flexibility index (Phi) is 4.67. The summed E-state index contributed by atoms with van der Waals surface area (Å²) in [5, 5.41) is 19.0. The van der Waals surface area contributed by atoms with Crippen LogP contribution in [0.2, 0.25) is 0 Å². The molecule has 6 heteroatoms. The first-order chi connectivity index (χ1) is 12.6. The maximum atomic E-state index is 12.6. The van der Waals surface area contributed by atoms with Crippen molar-refractivity contribution >= 4 is 11.6 Å². The number of fused-ring (bicyclic) bond motifs is 1. The van der Waals surface area contributed by atoms with Gasteiger partial charge in [0.25, 0.3) is 0 Å². The van der Waals surface area contributed by atoms with Crippen LogP contribution < -0.4 is 4.90 Å². The Morgan fingerprint density at radius 1 is 1.12 bits per heavy atom. The molecule has 2 aliphatic heterocycles. The standard InChI is InChI=1S/C20H29N3O3/c1-15-3-2-4-16(9-15)22-7-5-21(6-8-22)12-19(26)23-10-17-18(11-23)20(17,13-24)14-25/h2-4,9,17-18,24-25H,5-8,10-14H2,1H3. The van der Waals surface area contributed by atoms with Gasteiger partial charge in [-0.25, -0.2) is 0 Å². The van der Waals surface area contributed by atoms with E-state index in [0.29, 0.717) is 19.6 Å². The van der Waals surface area contributed by atoms with Crippen LogP contribution in [-0.2, 0) is 4.79 Å². The smallest absolute Gasteiger partial charge is 0.236 e. The number of likely N-dealkylation sites (tertiary alicyclic amines) is 1. The van der Waals surface area contributed by atoms with Crippen LogP contribution in [0.25, 0.3) is 0 Å². The summed E-state index contributed by atoms with van der Waals surface area (Å²) in [5.74, 6) is 0.741. The van der Waals surface area contributed by atoms with Gasteiger partial charge in [0.1, 0.15) is 0 Å². The molecule has 1 saturated carbocycles. The predicted octanol–water partition coefficient (Wildman–Crippen LogP) is 0.176. The Hall–Kier alpha value is -1.63. The number of piperidine rings is 1. The molecule has 26 heavy (non-hydrogen) atoms. The monoisotopic (exact) mass is 359 g/mol. The zero-order valence-corrected chi connectivity index (χ0v) is 15.5. The van der Waals surface area contributed by atoms with E-state index < -0.39 is 0 Å². The third-order valence-electron chi connectivity index (χ3n) is 6.73. The summed E-state index contributed by atoms with van der Waals surface area (Å²) in [7, 11) is 0. The fourth-order valence-corrected chi connectivity index (χ4v) is 4.84. The summed E-state index contributed by atoms with van der Waals surface area (Å²) < 4.78 is 0. The number of aryl methyl sites for hydroxylation is 1. The Bertz CT molecular complexity index is 654. The van der Waals surface area contributed by atoms with Crippen LogP contribution in [0.4, 0.5) is 5.69 Å². The van der Waals surface area contributed by atoms with Crippen molar-refractivity contribution in [3.05, 3.63) is 29.8 Å². The topological polar surface area (TPSA) is 67.2 Å². The SMILES string of the molecule is Cc1cccc(N2CCN(CC(=O)N3CC4C(C3)C4(CO)CO)CC2)c1. The molecule has 4 rings (SSSR count).